The van der Waals surface area contributed by atoms with E-state index in [1.807, 2.05) is 56.3 Å². The fourth-order valence-electron chi connectivity index (χ4n) is 10.9. The van der Waals surface area contributed by atoms with Crippen molar-refractivity contribution in [2.24, 2.45) is 29.1 Å². The maximum absolute atomic E-state index is 14.4. The van der Waals surface area contributed by atoms with Crippen molar-refractivity contribution in [1.29, 1.82) is 0 Å². The first kappa shape index (κ1) is 43.4. The van der Waals surface area contributed by atoms with Gasteiger partial charge in [-0.05, 0) is 119 Å². The summed E-state index contributed by atoms with van der Waals surface area (Å²) in [4.78, 5) is 39.5. The summed E-state index contributed by atoms with van der Waals surface area (Å²) in [6.45, 7) is 13.7. The molecule has 6 aliphatic rings. The van der Waals surface area contributed by atoms with Gasteiger partial charge in [-0.3, -0.25) is 14.4 Å². The summed E-state index contributed by atoms with van der Waals surface area (Å²) < 4.78 is 6.44. The summed E-state index contributed by atoms with van der Waals surface area (Å²) in [5.41, 5.74) is 5.46. The Kier molecular flexibility index (Phi) is 13.6. The fraction of sp³-hybridized carbons (Fsp3) is 0.625. The second kappa shape index (κ2) is 18.5. The standard InChI is InChI=1S/C48H69N5O6/c1-8-58-45-33(27-53-44(43(31(3)55)42(29-54)59-53)47(57)50-41-26-36-25-40(30(41)2)48(36,4)5)17-14-18-39(45)34-22-35(24-38(23-34)51(6)7)46(56)49-37(28-52-19-12-13-20-52)21-32-15-10-9-11-16-32/h10,14-18,22-24,30-31,36-37,40-44,54-55H,8-9,11-13,19-21,25-29H2,1-7H3,(H,49,56)(H,50,57)/t30-,31-,36+,37-,40-,41-,42-,43+,44-/m0/s1. The number of ether oxygens (including phenoxy) is 1. The Balaban J connectivity index is 1.17. The minimum absolute atomic E-state index is 0.0268. The van der Waals surface area contributed by atoms with Gasteiger partial charge in [-0.1, -0.05) is 62.8 Å². The number of hydrogen-bond donors (Lipinski definition) is 4. The maximum atomic E-state index is 14.4. The van der Waals surface area contributed by atoms with Crippen LogP contribution >= 0.6 is 0 Å². The molecule has 2 saturated heterocycles. The van der Waals surface area contributed by atoms with Crippen molar-refractivity contribution in [3.05, 3.63) is 71.3 Å². The molecule has 11 heteroatoms. The molecule has 322 valence electrons. The highest BCUT2D eigenvalue weighted by Crippen LogP contribution is 2.61. The number of para-hydroxylation sites is 1. The van der Waals surface area contributed by atoms with E-state index in [0.717, 1.165) is 67.7 Å². The zero-order valence-electron chi connectivity index (χ0n) is 36.5. The van der Waals surface area contributed by atoms with E-state index in [1.54, 1.807) is 12.0 Å². The highest BCUT2D eigenvalue weighted by atomic mass is 16.7. The van der Waals surface area contributed by atoms with Gasteiger partial charge in [0.15, 0.2) is 0 Å². The summed E-state index contributed by atoms with van der Waals surface area (Å²) in [6.07, 6.45) is 12.5. The fourth-order valence-corrected chi connectivity index (χ4v) is 10.9. The smallest absolute Gasteiger partial charge is 0.251 e. The summed E-state index contributed by atoms with van der Waals surface area (Å²) in [5.74, 6) is 1.16. The van der Waals surface area contributed by atoms with Gasteiger partial charge in [0.2, 0.25) is 5.91 Å². The zero-order chi connectivity index (χ0) is 42.0. The van der Waals surface area contributed by atoms with Crippen LogP contribution in [0.5, 0.6) is 5.75 Å². The number of anilines is 1. The van der Waals surface area contributed by atoms with Gasteiger partial charge in [-0.2, -0.15) is 5.06 Å². The van der Waals surface area contributed by atoms with E-state index in [1.165, 1.54) is 24.8 Å². The first-order valence-corrected chi connectivity index (χ1v) is 22.3. The van der Waals surface area contributed by atoms with Crippen LogP contribution in [0.15, 0.2) is 60.2 Å². The topological polar surface area (TPSA) is 127 Å². The number of carbonyl (C=O) groups excluding carboxylic acids is 2. The zero-order valence-corrected chi connectivity index (χ0v) is 36.5. The molecule has 0 spiro atoms. The quantitative estimate of drug-likeness (QED) is 0.154. The Bertz CT molecular complexity index is 1870. The van der Waals surface area contributed by atoms with E-state index in [9.17, 15) is 19.8 Å². The van der Waals surface area contributed by atoms with Gasteiger partial charge in [0, 0.05) is 61.0 Å². The number of rotatable bonds is 16. The largest absolute Gasteiger partial charge is 0.493 e. The minimum atomic E-state index is -0.897. The van der Waals surface area contributed by atoms with Gasteiger partial charge in [0.1, 0.15) is 17.9 Å². The van der Waals surface area contributed by atoms with Crippen LogP contribution in [0.2, 0.25) is 0 Å². The number of aliphatic hydroxyl groups is 2. The highest BCUT2D eigenvalue weighted by molar-refractivity contribution is 5.97. The molecule has 0 aromatic heterocycles. The van der Waals surface area contributed by atoms with Crippen molar-refractivity contribution in [3.8, 4) is 16.9 Å². The van der Waals surface area contributed by atoms with E-state index in [0.29, 0.717) is 35.7 Å². The van der Waals surface area contributed by atoms with Crippen LogP contribution in [0, 0.1) is 29.1 Å². The van der Waals surface area contributed by atoms with Crippen LogP contribution in [0.1, 0.15) is 95.5 Å². The van der Waals surface area contributed by atoms with Crippen molar-refractivity contribution in [2.75, 3.05) is 51.8 Å². The molecule has 2 aliphatic heterocycles. The average molecular weight is 812 g/mol. The Morgan fingerprint density at radius 1 is 1.10 bits per heavy atom. The van der Waals surface area contributed by atoms with E-state index >= 15 is 0 Å². The van der Waals surface area contributed by atoms with E-state index in [-0.39, 0.29) is 42.5 Å². The van der Waals surface area contributed by atoms with Crippen LogP contribution in [0.25, 0.3) is 11.1 Å². The van der Waals surface area contributed by atoms with Gasteiger partial charge in [-0.25, -0.2) is 0 Å². The molecular weight excluding hydrogens is 743 g/mol. The summed E-state index contributed by atoms with van der Waals surface area (Å²) in [6, 6.07) is 11.1. The third-order valence-corrected chi connectivity index (χ3v) is 14.3. The second-order valence-corrected chi connectivity index (χ2v) is 18.8. The Hall–Kier alpha value is -3.74. The predicted molar refractivity (Wildman–Crippen MR) is 233 cm³/mol. The van der Waals surface area contributed by atoms with Crippen molar-refractivity contribution < 1.29 is 29.4 Å². The van der Waals surface area contributed by atoms with Gasteiger partial charge in [0.05, 0.1) is 25.9 Å². The number of carbonyl (C=O) groups is 2. The third-order valence-electron chi connectivity index (χ3n) is 14.3. The number of likely N-dealkylation sites (tertiary alicyclic amines) is 1. The van der Waals surface area contributed by atoms with Crippen LogP contribution in [-0.4, -0.2) is 109 Å². The van der Waals surface area contributed by atoms with E-state index in [2.05, 4.69) is 60.6 Å². The highest BCUT2D eigenvalue weighted by Gasteiger charge is 2.57. The molecule has 8 rings (SSSR count). The molecule has 2 bridgehead atoms. The van der Waals surface area contributed by atoms with Gasteiger partial charge >= 0.3 is 0 Å². The van der Waals surface area contributed by atoms with E-state index in [4.69, 9.17) is 9.57 Å². The summed E-state index contributed by atoms with van der Waals surface area (Å²) in [7, 11) is 3.95. The molecule has 2 heterocycles. The normalized spacial score (nSPS) is 28.7. The molecule has 2 amide bonds. The van der Waals surface area contributed by atoms with Gasteiger partial charge in [0.25, 0.3) is 5.91 Å². The molecular formula is C48H69N5O6. The minimum Gasteiger partial charge on any atom is -0.493 e. The first-order valence-electron chi connectivity index (χ1n) is 22.3. The summed E-state index contributed by atoms with van der Waals surface area (Å²) in [5, 5.41) is 29.9. The first-order chi connectivity index (χ1) is 28.3. The van der Waals surface area contributed by atoms with Crippen LogP contribution < -0.4 is 20.3 Å². The number of amides is 2. The van der Waals surface area contributed by atoms with Crippen molar-refractivity contribution in [2.45, 2.75) is 116 Å². The van der Waals surface area contributed by atoms with Gasteiger partial charge in [-0.15, -0.1) is 0 Å². The Morgan fingerprint density at radius 2 is 1.88 bits per heavy atom. The lowest BCUT2D eigenvalue weighted by Crippen LogP contribution is -2.62. The number of nitrogens with zero attached hydrogens (tertiary/aromatic N) is 3. The third kappa shape index (κ3) is 9.30. The molecule has 3 saturated carbocycles. The summed E-state index contributed by atoms with van der Waals surface area (Å²) >= 11 is 0. The van der Waals surface area contributed by atoms with E-state index < -0.39 is 24.2 Å². The van der Waals surface area contributed by atoms with Crippen LogP contribution in [0.3, 0.4) is 0 Å². The lowest BCUT2D eigenvalue weighted by molar-refractivity contribution is -0.183. The number of hydrogen-bond acceptors (Lipinski definition) is 9. The Labute approximate surface area is 352 Å². The number of benzene rings is 2. The predicted octanol–water partition coefficient (Wildman–Crippen LogP) is 6.34. The van der Waals surface area contributed by atoms with Crippen molar-refractivity contribution in [1.82, 2.24) is 20.6 Å². The molecule has 2 aromatic rings. The molecule has 4 N–H and O–H groups in total. The lowest BCUT2D eigenvalue weighted by atomic mass is 9.45. The molecule has 0 unspecified atom stereocenters. The number of hydroxylamine groups is 2. The number of nitrogens with one attached hydrogen (secondary N) is 2. The van der Waals surface area contributed by atoms with Crippen LogP contribution in [-0.2, 0) is 16.2 Å². The second-order valence-electron chi connectivity index (χ2n) is 18.8. The molecule has 11 nitrogen and oxygen atoms in total. The molecule has 2 aromatic carbocycles. The van der Waals surface area contributed by atoms with Crippen molar-refractivity contribution >= 4 is 17.5 Å². The molecule has 9 atom stereocenters. The molecule has 59 heavy (non-hydrogen) atoms. The monoisotopic (exact) mass is 812 g/mol. The van der Waals surface area contributed by atoms with Crippen molar-refractivity contribution in [3.63, 3.8) is 0 Å². The molecule has 4 aliphatic carbocycles. The SMILES string of the molecule is CCOc1c(CN2O[C@@H](CO)[C@@H]([C@H](C)O)[C@H]2C(=O)N[C@H]2C[C@H]3C[C@@H]([C@@H]2C)C3(C)C)cccc1-c1cc(C(=O)N[C@@H](CC2=CCCC=C2)CN2CCCC2)cc(N(C)C)c1. The number of fused-ring (bicyclic) bond motifs is 2. The molecule has 5 fully saturated rings. The lowest BCUT2D eigenvalue weighted by Gasteiger charge is -2.62. The molecule has 0 radical (unpaired) electrons. The average Bonchev–Trinajstić information content (AvgIpc) is 3.87. The Morgan fingerprint density at radius 3 is 2.53 bits per heavy atom. The van der Waals surface area contributed by atoms with Crippen LogP contribution in [0.4, 0.5) is 5.69 Å². The maximum Gasteiger partial charge on any atom is 0.251 e. The van der Waals surface area contributed by atoms with Gasteiger partial charge < -0.3 is 35.4 Å². The number of aliphatic hydroxyl groups excluding tert-OH is 2. The number of allylic oxidation sites excluding steroid dienone is 3.